The van der Waals surface area contributed by atoms with E-state index in [4.69, 9.17) is 4.74 Å². The highest BCUT2D eigenvalue weighted by molar-refractivity contribution is 5.44. The molecule has 1 aromatic carbocycles. The normalized spacial score (nSPS) is 12.1. The predicted molar refractivity (Wildman–Crippen MR) is 75.9 cm³/mol. The molecular formula is C15H15F3N2O2. The maximum Gasteiger partial charge on any atom is 0.387 e. The summed E-state index contributed by atoms with van der Waals surface area (Å²) in [6.45, 7) is -1.16. The summed E-state index contributed by atoms with van der Waals surface area (Å²) >= 11 is 0. The third-order valence-electron chi connectivity index (χ3n) is 2.99. The zero-order chi connectivity index (χ0) is 16.1. The lowest BCUT2D eigenvalue weighted by Gasteiger charge is -2.18. The van der Waals surface area contributed by atoms with Gasteiger partial charge in [0, 0.05) is 0 Å². The molecule has 2 aromatic rings. The average Bonchev–Trinajstić information content (AvgIpc) is 2.48. The van der Waals surface area contributed by atoms with Gasteiger partial charge in [-0.2, -0.15) is 8.78 Å². The lowest BCUT2D eigenvalue weighted by Crippen LogP contribution is -2.11. The molecule has 0 aliphatic rings. The van der Waals surface area contributed by atoms with Gasteiger partial charge in [0.05, 0.1) is 24.9 Å². The Morgan fingerprint density at radius 3 is 2.55 bits per heavy atom. The zero-order valence-corrected chi connectivity index (χ0v) is 12.0. The minimum atomic E-state index is -2.90. The summed E-state index contributed by atoms with van der Waals surface area (Å²) in [5, 5.41) is 2.98. The number of alkyl halides is 2. The molecule has 1 heterocycles. The van der Waals surface area contributed by atoms with E-state index < -0.39 is 18.5 Å². The number of methoxy groups -OCH3 is 1. The molecule has 0 spiro atoms. The number of hydrogen-bond acceptors (Lipinski definition) is 4. The molecule has 0 saturated carbocycles. The number of nitrogens with zero attached hydrogens (tertiary/aromatic N) is 1. The van der Waals surface area contributed by atoms with E-state index in [1.54, 1.807) is 19.1 Å². The van der Waals surface area contributed by atoms with E-state index in [1.165, 1.54) is 31.5 Å². The van der Waals surface area contributed by atoms with Gasteiger partial charge in [-0.05, 0) is 31.2 Å². The van der Waals surface area contributed by atoms with E-state index in [9.17, 15) is 13.2 Å². The Morgan fingerprint density at radius 2 is 1.95 bits per heavy atom. The number of hydrogen-bond donors (Lipinski definition) is 1. The Morgan fingerprint density at radius 1 is 1.18 bits per heavy atom. The van der Waals surface area contributed by atoms with Crippen LogP contribution in [0.5, 0.6) is 11.5 Å². The van der Waals surface area contributed by atoms with Crippen molar-refractivity contribution >= 4 is 5.82 Å². The predicted octanol–water partition coefficient (Wildman–Crippen LogP) is 4.00. The van der Waals surface area contributed by atoms with Crippen molar-refractivity contribution in [2.24, 2.45) is 0 Å². The lowest BCUT2D eigenvalue weighted by atomic mass is 10.1. The lowest BCUT2D eigenvalue weighted by molar-refractivity contribution is -0.0500. The first kappa shape index (κ1) is 15.9. The van der Waals surface area contributed by atoms with Crippen LogP contribution in [0.25, 0.3) is 0 Å². The fourth-order valence-electron chi connectivity index (χ4n) is 2.05. The van der Waals surface area contributed by atoms with E-state index in [2.05, 4.69) is 15.0 Å². The molecule has 4 nitrogen and oxygen atoms in total. The van der Waals surface area contributed by atoms with Gasteiger partial charge in [-0.25, -0.2) is 9.37 Å². The highest BCUT2D eigenvalue weighted by Crippen LogP contribution is 2.29. The highest BCUT2D eigenvalue weighted by Gasteiger charge is 2.16. The SMILES string of the molecule is COc1cccc(F)c1[C@@H](C)Nc1ccc(OC(F)F)cn1. The van der Waals surface area contributed by atoms with E-state index >= 15 is 0 Å². The largest absolute Gasteiger partial charge is 0.496 e. The van der Waals surface area contributed by atoms with Crippen molar-refractivity contribution in [3.05, 3.63) is 47.9 Å². The van der Waals surface area contributed by atoms with Crippen LogP contribution >= 0.6 is 0 Å². The van der Waals surface area contributed by atoms with Crippen LogP contribution in [0.1, 0.15) is 18.5 Å². The molecule has 0 bridgehead atoms. The number of aromatic nitrogens is 1. The Bertz CT molecular complexity index is 621. The summed E-state index contributed by atoms with van der Waals surface area (Å²) in [6.07, 6.45) is 1.17. The molecule has 0 fully saturated rings. The van der Waals surface area contributed by atoms with Gasteiger partial charge < -0.3 is 14.8 Å². The van der Waals surface area contributed by atoms with Gasteiger partial charge >= 0.3 is 6.61 Å². The Kier molecular flexibility index (Phi) is 5.08. The topological polar surface area (TPSA) is 43.4 Å². The molecule has 1 N–H and O–H groups in total. The van der Waals surface area contributed by atoms with Crippen LogP contribution in [0, 0.1) is 5.82 Å². The molecular weight excluding hydrogens is 297 g/mol. The second-order valence-electron chi connectivity index (χ2n) is 4.48. The monoisotopic (exact) mass is 312 g/mol. The molecule has 1 aromatic heterocycles. The van der Waals surface area contributed by atoms with Crippen molar-refractivity contribution in [3.8, 4) is 11.5 Å². The fourth-order valence-corrected chi connectivity index (χ4v) is 2.05. The van der Waals surface area contributed by atoms with E-state index in [1.807, 2.05) is 0 Å². The summed E-state index contributed by atoms with van der Waals surface area (Å²) in [7, 11) is 1.46. The first-order chi connectivity index (χ1) is 10.5. The second kappa shape index (κ2) is 7.02. The van der Waals surface area contributed by atoms with Gasteiger partial charge in [0.2, 0.25) is 0 Å². The van der Waals surface area contributed by atoms with E-state index in [0.717, 1.165) is 0 Å². The van der Waals surface area contributed by atoms with Gasteiger partial charge in [-0.1, -0.05) is 6.07 Å². The molecule has 118 valence electrons. The smallest absolute Gasteiger partial charge is 0.387 e. The standard InChI is InChI=1S/C15H15F3N2O2/c1-9(14-11(16)4-3-5-12(14)21-2)20-13-7-6-10(8-19-13)22-15(17)18/h3-9,15H,1-2H3,(H,19,20)/t9-/m1/s1. The summed E-state index contributed by atoms with van der Waals surface area (Å²) < 4.78 is 47.4. The summed E-state index contributed by atoms with van der Waals surface area (Å²) in [4.78, 5) is 3.95. The van der Waals surface area contributed by atoms with E-state index in [0.29, 0.717) is 17.1 Å². The van der Waals surface area contributed by atoms with Crippen molar-refractivity contribution in [2.75, 3.05) is 12.4 Å². The van der Waals surface area contributed by atoms with Crippen LogP contribution < -0.4 is 14.8 Å². The summed E-state index contributed by atoms with van der Waals surface area (Å²) in [6, 6.07) is 6.95. The van der Waals surface area contributed by atoms with Crippen LogP contribution in [-0.4, -0.2) is 18.7 Å². The van der Waals surface area contributed by atoms with Crippen molar-refractivity contribution < 1.29 is 22.6 Å². The maximum atomic E-state index is 14.0. The molecule has 0 amide bonds. The Labute approximate surface area is 125 Å². The minimum absolute atomic E-state index is 0.0447. The van der Waals surface area contributed by atoms with E-state index in [-0.39, 0.29) is 5.75 Å². The number of ether oxygens (including phenoxy) is 2. The molecule has 0 aliphatic heterocycles. The Balaban J connectivity index is 2.13. The Hall–Kier alpha value is -2.44. The highest BCUT2D eigenvalue weighted by atomic mass is 19.3. The van der Waals surface area contributed by atoms with Crippen LogP contribution in [0.15, 0.2) is 36.5 Å². The van der Waals surface area contributed by atoms with Crippen molar-refractivity contribution in [1.82, 2.24) is 4.98 Å². The van der Waals surface area contributed by atoms with Gasteiger partial charge in [0.15, 0.2) is 0 Å². The van der Waals surface area contributed by atoms with Crippen LogP contribution in [0.2, 0.25) is 0 Å². The van der Waals surface area contributed by atoms with Crippen LogP contribution in [0.3, 0.4) is 0 Å². The van der Waals surface area contributed by atoms with Crippen molar-refractivity contribution in [1.29, 1.82) is 0 Å². The van der Waals surface area contributed by atoms with Crippen LogP contribution in [0.4, 0.5) is 19.0 Å². The molecule has 1 atom stereocenters. The zero-order valence-electron chi connectivity index (χ0n) is 12.0. The number of nitrogens with one attached hydrogen (secondary N) is 1. The summed E-state index contributed by atoms with van der Waals surface area (Å²) in [5.74, 6) is 0.366. The molecule has 0 saturated heterocycles. The summed E-state index contributed by atoms with van der Waals surface area (Å²) in [5.41, 5.74) is 0.361. The third-order valence-corrected chi connectivity index (χ3v) is 2.99. The fraction of sp³-hybridized carbons (Fsp3) is 0.267. The first-order valence-corrected chi connectivity index (χ1v) is 6.51. The second-order valence-corrected chi connectivity index (χ2v) is 4.48. The average molecular weight is 312 g/mol. The number of anilines is 1. The van der Waals surface area contributed by atoms with Gasteiger partial charge in [0.1, 0.15) is 23.1 Å². The number of halogens is 3. The molecule has 22 heavy (non-hydrogen) atoms. The first-order valence-electron chi connectivity index (χ1n) is 6.51. The quantitative estimate of drug-likeness (QED) is 0.875. The number of rotatable bonds is 6. The molecule has 0 radical (unpaired) electrons. The minimum Gasteiger partial charge on any atom is -0.496 e. The number of benzene rings is 1. The van der Waals surface area contributed by atoms with Crippen molar-refractivity contribution in [3.63, 3.8) is 0 Å². The third kappa shape index (κ3) is 3.81. The van der Waals surface area contributed by atoms with Gasteiger partial charge in [-0.3, -0.25) is 0 Å². The van der Waals surface area contributed by atoms with Crippen molar-refractivity contribution in [2.45, 2.75) is 19.6 Å². The molecule has 0 aliphatic carbocycles. The number of pyridine rings is 1. The maximum absolute atomic E-state index is 14.0. The van der Waals surface area contributed by atoms with Gasteiger partial charge in [0.25, 0.3) is 0 Å². The molecule has 2 rings (SSSR count). The molecule has 0 unspecified atom stereocenters. The van der Waals surface area contributed by atoms with Gasteiger partial charge in [-0.15, -0.1) is 0 Å². The van der Waals surface area contributed by atoms with Crippen LogP contribution in [-0.2, 0) is 0 Å². The molecule has 7 heteroatoms.